The van der Waals surface area contributed by atoms with Crippen LogP contribution in [0.2, 0.25) is 0 Å². The van der Waals surface area contributed by atoms with E-state index in [0.29, 0.717) is 40.6 Å². The van der Waals surface area contributed by atoms with Crippen molar-refractivity contribution in [3.63, 3.8) is 0 Å². The number of benzene rings is 1. The second-order valence-corrected chi connectivity index (χ2v) is 11.2. The van der Waals surface area contributed by atoms with E-state index in [2.05, 4.69) is 4.98 Å². The van der Waals surface area contributed by atoms with Crippen molar-refractivity contribution in [2.24, 2.45) is 0 Å². The molecule has 0 amide bonds. The van der Waals surface area contributed by atoms with Crippen LogP contribution < -0.4 is 10.2 Å². The number of para-hydroxylation sites is 1. The summed E-state index contributed by atoms with van der Waals surface area (Å²) in [4.78, 5) is 32.4. The second kappa shape index (κ2) is 11.5. The van der Waals surface area contributed by atoms with Gasteiger partial charge in [-0.15, -0.1) is 11.3 Å². The highest BCUT2D eigenvalue weighted by Gasteiger charge is 2.38. The SMILES string of the molecule is COC(=O)C(C)(C)c1nn(C[C@H](OC2CCOCC2)c2ccccc2OC)c2sc(-c3ncco3)c(C)c2c1=O. The average Bonchev–Trinajstić information content (AvgIpc) is 3.62. The van der Waals surface area contributed by atoms with Gasteiger partial charge in [-0.3, -0.25) is 14.3 Å². The Hall–Kier alpha value is -3.54. The van der Waals surface area contributed by atoms with Crippen molar-refractivity contribution in [1.82, 2.24) is 14.8 Å². The van der Waals surface area contributed by atoms with Crippen molar-refractivity contribution >= 4 is 27.5 Å². The summed E-state index contributed by atoms with van der Waals surface area (Å²) in [5, 5.41) is 5.27. The Kier molecular flexibility index (Phi) is 8.07. The van der Waals surface area contributed by atoms with Crippen molar-refractivity contribution in [3.8, 4) is 16.5 Å². The number of esters is 1. The van der Waals surface area contributed by atoms with E-state index in [1.807, 2.05) is 31.2 Å². The lowest BCUT2D eigenvalue weighted by molar-refractivity contribution is -0.146. The highest BCUT2D eigenvalue weighted by molar-refractivity contribution is 7.22. The van der Waals surface area contributed by atoms with Crippen molar-refractivity contribution < 1.29 is 28.2 Å². The largest absolute Gasteiger partial charge is 0.496 e. The maximum Gasteiger partial charge on any atom is 0.317 e. The number of rotatable bonds is 9. The van der Waals surface area contributed by atoms with Crippen molar-refractivity contribution in [3.05, 3.63) is 63.8 Å². The summed E-state index contributed by atoms with van der Waals surface area (Å²) in [7, 11) is 2.93. The standard InChI is InChI=1S/C29H33N3O7S/c1-17-22-23(33)25(29(2,3)28(34)36-5)31-32(27(22)40-24(17)26-30-12-15-38-26)16-21(39-18-10-13-37-14-11-18)19-8-6-7-9-20(19)35-4/h6-9,12,15,18,21H,10-11,13-14,16H2,1-5H3/t21-/m0/s1. The van der Waals surface area contributed by atoms with E-state index in [1.54, 1.807) is 31.8 Å². The molecule has 0 spiro atoms. The minimum Gasteiger partial charge on any atom is -0.496 e. The molecule has 5 rings (SSSR count). The molecule has 4 aromatic rings. The van der Waals surface area contributed by atoms with Crippen LogP contribution in [-0.4, -0.2) is 54.3 Å². The molecule has 11 heteroatoms. The van der Waals surface area contributed by atoms with E-state index < -0.39 is 17.5 Å². The Balaban J connectivity index is 1.71. The number of aromatic nitrogens is 3. The molecule has 4 heterocycles. The summed E-state index contributed by atoms with van der Waals surface area (Å²) in [5.74, 6) is 0.552. The number of carbonyl (C=O) groups excluding carboxylic acids is 1. The number of methoxy groups -OCH3 is 2. The number of aryl methyl sites for hydroxylation is 1. The molecule has 0 N–H and O–H groups in total. The van der Waals surface area contributed by atoms with Gasteiger partial charge in [0, 0.05) is 18.8 Å². The van der Waals surface area contributed by atoms with Gasteiger partial charge >= 0.3 is 5.97 Å². The summed E-state index contributed by atoms with van der Waals surface area (Å²) in [6, 6.07) is 7.71. The molecule has 1 aliphatic rings. The van der Waals surface area contributed by atoms with Crippen LogP contribution in [0.15, 0.2) is 45.9 Å². The fourth-order valence-electron chi connectivity index (χ4n) is 5.05. The molecule has 1 aromatic carbocycles. The van der Waals surface area contributed by atoms with Gasteiger partial charge in [-0.2, -0.15) is 5.10 Å². The van der Waals surface area contributed by atoms with Crippen molar-refractivity contribution in [2.75, 3.05) is 27.4 Å². The number of hydrogen-bond acceptors (Lipinski definition) is 10. The quantitative estimate of drug-likeness (QED) is 0.263. The molecule has 0 aliphatic carbocycles. The van der Waals surface area contributed by atoms with Crippen LogP contribution in [0.4, 0.5) is 0 Å². The zero-order chi connectivity index (χ0) is 28.4. The fourth-order valence-corrected chi connectivity index (χ4v) is 6.26. The smallest absolute Gasteiger partial charge is 0.317 e. The summed E-state index contributed by atoms with van der Waals surface area (Å²) in [5.41, 5.74) is 0.0505. The maximum absolute atomic E-state index is 13.9. The van der Waals surface area contributed by atoms with Gasteiger partial charge in [-0.25, -0.2) is 4.98 Å². The number of carbonyl (C=O) groups is 1. The Bertz CT molecular complexity index is 1550. The Morgan fingerprint density at radius 2 is 1.98 bits per heavy atom. The van der Waals surface area contributed by atoms with E-state index in [0.717, 1.165) is 23.3 Å². The maximum atomic E-state index is 13.9. The molecule has 3 aromatic heterocycles. The van der Waals surface area contributed by atoms with Gasteiger partial charge in [-0.1, -0.05) is 18.2 Å². The van der Waals surface area contributed by atoms with Crippen LogP contribution in [0.25, 0.3) is 21.0 Å². The van der Waals surface area contributed by atoms with Gasteiger partial charge in [0.1, 0.15) is 34.1 Å². The summed E-state index contributed by atoms with van der Waals surface area (Å²) in [6.07, 6.45) is 4.12. The molecular weight excluding hydrogens is 534 g/mol. The number of thiophene rings is 1. The minimum absolute atomic E-state index is 0.0162. The van der Waals surface area contributed by atoms with Gasteiger partial charge < -0.3 is 23.4 Å². The molecule has 1 saturated heterocycles. The lowest BCUT2D eigenvalue weighted by Crippen LogP contribution is -2.38. The molecule has 1 fully saturated rings. The van der Waals surface area contributed by atoms with E-state index in [-0.39, 0.29) is 23.8 Å². The second-order valence-electron chi connectivity index (χ2n) is 10.2. The molecule has 0 unspecified atom stereocenters. The topological polar surface area (TPSA) is 115 Å². The first kappa shape index (κ1) is 28.0. The van der Waals surface area contributed by atoms with Crippen LogP contribution in [0.1, 0.15) is 49.6 Å². The lowest BCUT2D eigenvalue weighted by Gasteiger charge is -2.29. The highest BCUT2D eigenvalue weighted by atomic mass is 32.1. The number of fused-ring (bicyclic) bond motifs is 1. The third-order valence-electron chi connectivity index (χ3n) is 7.29. The van der Waals surface area contributed by atoms with E-state index >= 15 is 0 Å². The Morgan fingerprint density at radius 1 is 1.23 bits per heavy atom. The summed E-state index contributed by atoms with van der Waals surface area (Å²) < 4.78 is 30.3. The fraction of sp³-hybridized carbons (Fsp3) is 0.448. The van der Waals surface area contributed by atoms with Crippen LogP contribution in [0.5, 0.6) is 5.75 Å². The number of oxazole rings is 1. The Labute approximate surface area is 235 Å². The molecule has 0 bridgehead atoms. The zero-order valence-corrected chi connectivity index (χ0v) is 24.1. The normalized spacial score (nSPS) is 15.3. The molecule has 0 saturated carbocycles. The van der Waals surface area contributed by atoms with Gasteiger partial charge in [-0.05, 0) is 45.2 Å². The lowest BCUT2D eigenvalue weighted by atomic mass is 9.88. The first-order valence-corrected chi connectivity index (χ1v) is 14.0. The monoisotopic (exact) mass is 567 g/mol. The molecule has 1 atom stereocenters. The summed E-state index contributed by atoms with van der Waals surface area (Å²) >= 11 is 1.37. The number of hydrogen-bond donors (Lipinski definition) is 0. The van der Waals surface area contributed by atoms with Gasteiger partial charge in [0.2, 0.25) is 11.3 Å². The average molecular weight is 568 g/mol. The van der Waals surface area contributed by atoms with Gasteiger partial charge in [0.25, 0.3) is 0 Å². The molecule has 1 aliphatic heterocycles. The van der Waals surface area contributed by atoms with E-state index in [9.17, 15) is 9.59 Å². The zero-order valence-electron chi connectivity index (χ0n) is 23.3. The number of nitrogens with zero attached hydrogens (tertiary/aromatic N) is 3. The third-order valence-corrected chi connectivity index (χ3v) is 8.58. The van der Waals surface area contributed by atoms with Gasteiger partial charge in [0.15, 0.2) is 0 Å². The first-order chi connectivity index (χ1) is 19.3. The molecule has 0 radical (unpaired) electrons. The molecule has 40 heavy (non-hydrogen) atoms. The predicted molar refractivity (Wildman–Crippen MR) is 150 cm³/mol. The molecule has 10 nitrogen and oxygen atoms in total. The molecule has 212 valence electrons. The minimum atomic E-state index is -1.29. The third kappa shape index (κ3) is 5.16. The highest BCUT2D eigenvalue weighted by Crippen LogP contribution is 2.38. The summed E-state index contributed by atoms with van der Waals surface area (Å²) in [6.45, 7) is 6.67. The molecular formula is C29H33N3O7S. The van der Waals surface area contributed by atoms with Crippen LogP contribution in [0, 0.1) is 6.92 Å². The predicted octanol–water partition coefficient (Wildman–Crippen LogP) is 4.82. The Morgan fingerprint density at radius 3 is 2.65 bits per heavy atom. The van der Waals surface area contributed by atoms with E-state index in [4.69, 9.17) is 28.5 Å². The van der Waals surface area contributed by atoms with E-state index in [1.165, 1.54) is 24.7 Å². The van der Waals surface area contributed by atoms with Crippen LogP contribution in [0.3, 0.4) is 0 Å². The number of ether oxygens (including phenoxy) is 4. The van der Waals surface area contributed by atoms with Crippen molar-refractivity contribution in [2.45, 2.75) is 57.8 Å². The van der Waals surface area contributed by atoms with Crippen LogP contribution >= 0.6 is 11.3 Å². The van der Waals surface area contributed by atoms with Crippen molar-refractivity contribution in [1.29, 1.82) is 0 Å². The van der Waals surface area contributed by atoms with Gasteiger partial charge in [0.05, 0.1) is 43.3 Å². The first-order valence-electron chi connectivity index (χ1n) is 13.1. The van der Waals surface area contributed by atoms with Crippen LogP contribution in [-0.2, 0) is 31.0 Å².